The van der Waals surface area contributed by atoms with Crippen LogP contribution in [0.15, 0.2) is 60.9 Å². The van der Waals surface area contributed by atoms with Gasteiger partial charge in [-0.1, -0.05) is 37.6 Å². The zero-order chi connectivity index (χ0) is 27.5. The van der Waals surface area contributed by atoms with Crippen LogP contribution in [0.3, 0.4) is 0 Å². The number of fused-ring (bicyclic) bond motifs is 1. The lowest BCUT2D eigenvalue weighted by molar-refractivity contribution is 0.0729. The zero-order valence-corrected chi connectivity index (χ0v) is 22.9. The number of ether oxygens (including phenoxy) is 2. The van der Waals surface area contributed by atoms with Crippen LogP contribution in [0.5, 0.6) is 17.2 Å². The highest BCUT2D eigenvalue weighted by Crippen LogP contribution is 2.46. The van der Waals surface area contributed by atoms with Gasteiger partial charge in [-0.25, -0.2) is 0 Å². The van der Waals surface area contributed by atoms with E-state index in [4.69, 9.17) is 21.1 Å². The molecular weight excluding hydrogens is 516 g/mol. The standard InChI is InChI=1S/C30H31ClN4O4/c1-4-38-25-14-20(7-10-24(25)39-13-11-18(2)3)29-26-27(22-15-21(31)8-9-23(22)36)33-34-28(26)30(37)35(29)17-19-6-5-12-32-16-19/h5-10,12,14-16,18,29,36H,4,11,13,17H2,1-3H3,(H,33,34). The maximum atomic E-state index is 13.8. The second-order valence-electron chi connectivity index (χ2n) is 9.89. The molecule has 0 radical (unpaired) electrons. The van der Waals surface area contributed by atoms with Crippen LogP contribution in [0.1, 0.15) is 60.4 Å². The predicted molar refractivity (Wildman–Crippen MR) is 149 cm³/mol. The Morgan fingerprint density at radius 1 is 1.13 bits per heavy atom. The molecule has 2 aromatic carbocycles. The van der Waals surface area contributed by atoms with Gasteiger partial charge in [-0.15, -0.1) is 0 Å². The van der Waals surface area contributed by atoms with Crippen molar-refractivity contribution in [2.24, 2.45) is 5.92 Å². The molecule has 0 spiro atoms. The third kappa shape index (κ3) is 5.43. The number of phenolic OH excluding ortho intramolecular Hbond substituents is 1. The summed E-state index contributed by atoms with van der Waals surface area (Å²) in [7, 11) is 0. The second kappa shape index (κ2) is 11.4. The average molecular weight is 547 g/mol. The van der Waals surface area contributed by atoms with Crippen molar-refractivity contribution in [1.82, 2.24) is 20.1 Å². The maximum absolute atomic E-state index is 13.8. The molecule has 2 aromatic heterocycles. The summed E-state index contributed by atoms with van der Waals surface area (Å²) in [6.07, 6.45) is 4.37. The number of aromatic hydroxyl groups is 1. The van der Waals surface area contributed by atoms with Crippen molar-refractivity contribution >= 4 is 17.5 Å². The number of rotatable bonds is 10. The van der Waals surface area contributed by atoms with E-state index in [-0.39, 0.29) is 11.7 Å². The number of amides is 1. The third-order valence-corrected chi connectivity index (χ3v) is 6.92. The third-order valence-electron chi connectivity index (χ3n) is 6.69. The summed E-state index contributed by atoms with van der Waals surface area (Å²) in [5.41, 5.74) is 3.66. The minimum atomic E-state index is -0.510. The van der Waals surface area contributed by atoms with E-state index < -0.39 is 6.04 Å². The second-order valence-corrected chi connectivity index (χ2v) is 10.3. The van der Waals surface area contributed by atoms with Crippen molar-refractivity contribution in [3.05, 3.63) is 88.3 Å². The van der Waals surface area contributed by atoms with Gasteiger partial charge in [0.1, 0.15) is 17.1 Å². The first-order valence-corrected chi connectivity index (χ1v) is 13.4. The Balaban J connectivity index is 1.62. The Kier molecular flexibility index (Phi) is 7.74. The topological polar surface area (TPSA) is 101 Å². The lowest BCUT2D eigenvalue weighted by Crippen LogP contribution is -2.29. The number of pyridine rings is 1. The molecule has 1 amide bonds. The molecule has 1 unspecified atom stereocenters. The highest BCUT2D eigenvalue weighted by Gasteiger charge is 2.43. The largest absolute Gasteiger partial charge is 0.507 e. The molecule has 202 valence electrons. The number of carbonyl (C=O) groups is 1. The van der Waals surface area contributed by atoms with Crippen LogP contribution >= 0.6 is 11.6 Å². The fourth-order valence-electron chi connectivity index (χ4n) is 4.78. The number of nitrogens with one attached hydrogen (secondary N) is 1. The molecule has 1 aliphatic rings. The van der Waals surface area contributed by atoms with Gasteiger partial charge in [-0.3, -0.25) is 14.9 Å². The monoisotopic (exact) mass is 546 g/mol. The summed E-state index contributed by atoms with van der Waals surface area (Å²) in [6.45, 7) is 7.61. The average Bonchev–Trinajstić information content (AvgIpc) is 3.46. The number of halogens is 1. The first kappa shape index (κ1) is 26.6. The number of benzene rings is 2. The van der Waals surface area contributed by atoms with Crippen molar-refractivity contribution in [1.29, 1.82) is 0 Å². The van der Waals surface area contributed by atoms with Crippen LogP contribution in [0, 0.1) is 5.92 Å². The molecular formula is C30H31ClN4O4. The molecule has 1 aliphatic heterocycles. The first-order valence-electron chi connectivity index (χ1n) is 13.0. The quantitative estimate of drug-likeness (QED) is 0.239. The summed E-state index contributed by atoms with van der Waals surface area (Å²) < 4.78 is 12.0. The highest BCUT2D eigenvalue weighted by atomic mass is 35.5. The molecule has 2 N–H and O–H groups in total. The number of aromatic amines is 1. The molecule has 1 atom stereocenters. The van der Waals surface area contributed by atoms with Crippen LogP contribution in [-0.4, -0.2) is 44.3 Å². The van der Waals surface area contributed by atoms with Gasteiger partial charge in [0.2, 0.25) is 0 Å². The molecule has 39 heavy (non-hydrogen) atoms. The first-order chi connectivity index (χ1) is 18.9. The summed E-state index contributed by atoms with van der Waals surface area (Å²) in [6, 6.07) is 13.8. The molecule has 0 bridgehead atoms. The molecule has 0 saturated heterocycles. The van der Waals surface area contributed by atoms with Gasteiger partial charge in [-0.2, -0.15) is 5.10 Å². The Morgan fingerprint density at radius 2 is 1.97 bits per heavy atom. The fraction of sp³-hybridized carbons (Fsp3) is 0.300. The molecule has 0 aliphatic carbocycles. The van der Waals surface area contributed by atoms with E-state index in [1.54, 1.807) is 29.4 Å². The number of carbonyl (C=O) groups excluding carboxylic acids is 1. The van der Waals surface area contributed by atoms with Crippen molar-refractivity contribution < 1.29 is 19.4 Å². The Bertz CT molecular complexity index is 1470. The van der Waals surface area contributed by atoms with Crippen molar-refractivity contribution in [3.63, 3.8) is 0 Å². The minimum Gasteiger partial charge on any atom is -0.507 e. The number of phenols is 1. The number of hydrogen-bond donors (Lipinski definition) is 2. The summed E-state index contributed by atoms with van der Waals surface area (Å²) >= 11 is 6.27. The Morgan fingerprint density at radius 3 is 2.72 bits per heavy atom. The predicted octanol–water partition coefficient (Wildman–Crippen LogP) is 6.40. The van der Waals surface area contributed by atoms with Gasteiger partial charge >= 0.3 is 0 Å². The van der Waals surface area contributed by atoms with Gasteiger partial charge in [0, 0.05) is 35.1 Å². The van der Waals surface area contributed by atoms with E-state index in [0.717, 1.165) is 17.5 Å². The van der Waals surface area contributed by atoms with Crippen LogP contribution in [0.2, 0.25) is 5.02 Å². The van der Waals surface area contributed by atoms with E-state index in [1.807, 2.05) is 37.3 Å². The van der Waals surface area contributed by atoms with Gasteiger partial charge in [0.05, 0.1) is 19.3 Å². The SMILES string of the molecule is CCOc1cc(C2c3c(-c4cc(Cl)ccc4O)n[nH]c3C(=O)N2Cc2cccnc2)ccc1OCCC(C)C. The van der Waals surface area contributed by atoms with Crippen molar-refractivity contribution in [2.45, 2.75) is 39.8 Å². The number of hydrogen-bond acceptors (Lipinski definition) is 6. The van der Waals surface area contributed by atoms with E-state index in [1.165, 1.54) is 6.07 Å². The smallest absolute Gasteiger partial charge is 0.273 e. The lowest BCUT2D eigenvalue weighted by Gasteiger charge is -2.27. The molecule has 3 heterocycles. The van der Waals surface area contributed by atoms with Crippen LogP contribution in [0.4, 0.5) is 0 Å². The molecule has 8 nitrogen and oxygen atoms in total. The number of H-pyrrole nitrogens is 1. The van der Waals surface area contributed by atoms with Crippen molar-refractivity contribution in [2.75, 3.05) is 13.2 Å². The van der Waals surface area contributed by atoms with Gasteiger partial charge in [0.15, 0.2) is 11.5 Å². The van der Waals surface area contributed by atoms with Gasteiger partial charge in [0.25, 0.3) is 5.91 Å². The van der Waals surface area contributed by atoms with Crippen molar-refractivity contribution in [3.8, 4) is 28.5 Å². The van der Waals surface area contributed by atoms with E-state index in [9.17, 15) is 9.90 Å². The van der Waals surface area contributed by atoms with Crippen LogP contribution in [0.25, 0.3) is 11.3 Å². The fourth-order valence-corrected chi connectivity index (χ4v) is 4.96. The molecule has 4 aromatic rings. The Hall–Kier alpha value is -4.04. The normalized spacial score (nSPS) is 14.6. The number of aromatic nitrogens is 3. The summed E-state index contributed by atoms with van der Waals surface area (Å²) in [5, 5.41) is 18.5. The lowest BCUT2D eigenvalue weighted by atomic mass is 9.95. The van der Waals surface area contributed by atoms with Crippen LogP contribution < -0.4 is 9.47 Å². The molecule has 5 rings (SSSR count). The zero-order valence-electron chi connectivity index (χ0n) is 22.1. The molecule has 0 fully saturated rings. The maximum Gasteiger partial charge on any atom is 0.273 e. The van der Waals surface area contributed by atoms with Crippen LogP contribution in [-0.2, 0) is 6.54 Å². The molecule has 9 heteroatoms. The molecule has 0 saturated carbocycles. The van der Waals surface area contributed by atoms with E-state index in [2.05, 4.69) is 29.0 Å². The minimum absolute atomic E-state index is 0.0227. The van der Waals surface area contributed by atoms with E-state index >= 15 is 0 Å². The summed E-state index contributed by atoms with van der Waals surface area (Å²) in [4.78, 5) is 19.7. The highest BCUT2D eigenvalue weighted by molar-refractivity contribution is 6.31. The van der Waals surface area contributed by atoms with Gasteiger partial charge in [-0.05, 0) is 66.8 Å². The van der Waals surface area contributed by atoms with E-state index in [0.29, 0.717) is 64.7 Å². The Labute approximate surface area is 232 Å². The van der Waals surface area contributed by atoms with Gasteiger partial charge < -0.3 is 19.5 Å². The summed E-state index contributed by atoms with van der Waals surface area (Å²) in [5.74, 6) is 1.61. The number of nitrogens with zero attached hydrogens (tertiary/aromatic N) is 3.